The quantitative estimate of drug-likeness (QED) is 0.385. The maximum absolute atomic E-state index is 4.47. The second kappa shape index (κ2) is 9.17. The van der Waals surface area contributed by atoms with E-state index in [9.17, 15) is 0 Å². The third-order valence-electron chi connectivity index (χ3n) is 5.11. The van der Waals surface area contributed by atoms with E-state index >= 15 is 0 Å². The van der Waals surface area contributed by atoms with E-state index in [1.165, 1.54) is 5.69 Å². The Bertz CT molecular complexity index is 1080. The Kier molecular flexibility index (Phi) is 6.18. The number of hydrogen-bond acceptors (Lipinski definition) is 5. The van der Waals surface area contributed by atoms with Crippen LogP contribution in [-0.2, 0) is 12.8 Å². The van der Waals surface area contributed by atoms with Gasteiger partial charge < -0.3 is 9.47 Å². The summed E-state index contributed by atoms with van der Waals surface area (Å²) in [5.41, 5.74) is 4.51. The van der Waals surface area contributed by atoms with Crippen LogP contribution < -0.4 is 4.90 Å². The number of nitrogens with zero attached hydrogens (tertiary/aromatic N) is 6. The molecule has 0 aliphatic heterocycles. The number of rotatable bonds is 8. The summed E-state index contributed by atoms with van der Waals surface area (Å²) in [6, 6.07) is 18.7. The van der Waals surface area contributed by atoms with Gasteiger partial charge in [-0.15, -0.1) is 10.2 Å². The molecule has 0 aliphatic carbocycles. The summed E-state index contributed by atoms with van der Waals surface area (Å²) in [5, 5.41) is 14.2. The zero-order chi connectivity index (χ0) is 20.9. The second-order valence-electron chi connectivity index (χ2n) is 7.00. The Morgan fingerprint density at radius 1 is 0.933 bits per heavy atom. The van der Waals surface area contributed by atoms with E-state index in [1.54, 1.807) is 11.8 Å². The molecule has 0 fully saturated rings. The highest BCUT2D eigenvalue weighted by Crippen LogP contribution is 2.27. The van der Waals surface area contributed by atoms with E-state index in [2.05, 4.69) is 69.1 Å². The van der Waals surface area contributed by atoms with Gasteiger partial charge in [-0.05, 0) is 50.2 Å². The highest BCUT2D eigenvalue weighted by molar-refractivity contribution is 7.98. The highest BCUT2D eigenvalue weighted by Gasteiger charge is 2.13. The minimum atomic E-state index is 0.791. The fraction of sp³-hybridized carbons (Fsp3) is 0.261. The lowest BCUT2D eigenvalue weighted by atomic mass is 10.2. The monoisotopic (exact) mass is 418 g/mol. The molecule has 2 aromatic carbocycles. The van der Waals surface area contributed by atoms with Gasteiger partial charge in [-0.25, -0.2) is 4.68 Å². The summed E-state index contributed by atoms with van der Waals surface area (Å²) >= 11 is 1.67. The van der Waals surface area contributed by atoms with Crippen molar-refractivity contribution in [3.63, 3.8) is 0 Å². The van der Waals surface area contributed by atoms with Crippen LogP contribution in [0.3, 0.4) is 0 Å². The summed E-state index contributed by atoms with van der Waals surface area (Å²) in [4.78, 5) is 2.33. The normalized spacial score (nSPS) is 11.0. The Labute approximate surface area is 181 Å². The van der Waals surface area contributed by atoms with Crippen molar-refractivity contribution >= 4 is 17.4 Å². The van der Waals surface area contributed by atoms with E-state index < -0.39 is 0 Å². The van der Waals surface area contributed by atoms with E-state index in [1.807, 2.05) is 48.3 Å². The van der Waals surface area contributed by atoms with Gasteiger partial charge >= 0.3 is 0 Å². The van der Waals surface area contributed by atoms with Crippen molar-refractivity contribution in [3.05, 3.63) is 72.6 Å². The fourth-order valence-corrected chi connectivity index (χ4v) is 4.23. The molecule has 30 heavy (non-hydrogen) atoms. The molecular formula is C23H26N6S. The number of anilines is 1. The molecule has 6 nitrogen and oxygen atoms in total. The third-order valence-corrected chi connectivity index (χ3v) is 6.21. The van der Waals surface area contributed by atoms with Gasteiger partial charge in [0.1, 0.15) is 0 Å². The second-order valence-corrected chi connectivity index (χ2v) is 7.94. The van der Waals surface area contributed by atoms with Gasteiger partial charge in [-0.1, -0.05) is 30.0 Å². The van der Waals surface area contributed by atoms with Gasteiger partial charge in [0, 0.05) is 48.9 Å². The Hall–Kier alpha value is -3.06. The minimum absolute atomic E-state index is 0.791. The molecule has 2 aromatic heterocycles. The van der Waals surface area contributed by atoms with Crippen LogP contribution in [0.1, 0.15) is 19.4 Å². The van der Waals surface area contributed by atoms with Crippen molar-refractivity contribution in [2.75, 3.05) is 18.0 Å². The molecule has 7 heteroatoms. The van der Waals surface area contributed by atoms with Gasteiger partial charge in [-0.2, -0.15) is 5.10 Å². The summed E-state index contributed by atoms with van der Waals surface area (Å²) < 4.78 is 3.95. The number of hydrogen-bond donors (Lipinski definition) is 0. The molecule has 0 bridgehead atoms. The van der Waals surface area contributed by atoms with Crippen molar-refractivity contribution < 1.29 is 0 Å². The van der Waals surface area contributed by atoms with Gasteiger partial charge in [0.15, 0.2) is 11.0 Å². The molecule has 0 spiro atoms. The largest absolute Gasteiger partial charge is 0.372 e. The molecule has 0 atom stereocenters. The summed E-state index contributed by atoms with van der Waals surface area (Å²) in [6.45, 7) is 6.35. The van der Waals surface area contributed by atoms with Gasteiger partial charge in [0.05, 0.1) is 11.9 Å². The van der Waals surface area contributed by atoms with Gasteiger partial charge in [0.2, 0.25) is 0 Å². The van der Waals surface area contributed by atoms with E-state index in [-0.39, 0.29) is 0 Å². The molecule has 0 radical (unpaired) electrons. The van der Waals surface area contributed by atoms with E-state index in [0.29, 0.717) is 0 Å². The van der Waals surface area contributed by atoms with Crippen molar-refractivity contribution in [1.29, 1.82) is 0 Å². The molecule has 154 valence electrons. The number of thioether (sulfide) groups is 1. The molecule has 4 aromatic rings. The van der Waals surface area contributed by atoms with Crippen molar-refractivity contribution in [3.8, 4) is 17.1 Å². The fourth-order valence-electron chi connectivity index (χ4n) is 3.41. The van der Waals surface area contributed by atoms with Crippen LogP contribution in [0.15, 0.2) is 72.1 Å². The lowest BCUT2D eigenvalue weighted by molar-refractivity contribution is 0.793. The maximum Gasteiger partial charge on any atom is 0.191 e. The molecule has 0 aliphatic rings. The van der Waals surface area contributed by atoms with Crippen molar-refractivity contribution in [2.24, 2.45) is 7.05 Å². The first-order valence-corrected chi connectivity index (χ1v) is 11.1. The SMILES string of the molecule is CCN(CC)c1ccc(-c2nnc(SCc3cnn(-c4ccccc4)c3)n2C)cc1. The number of benzene rings is 2. The maximum atomic E-state index is 4.47. The lowest BCUT2D eigenvalue weighted by Gasteiger charge is -2.21. The van der Waals surface area contributed by atoms with Crippen molar-refractivity contribution in [1.82, 2.24) is 24.5 Å². The summed E-state index contributed by atoms with van der Waals surface area (Å²) in [6.07, 6.45) is 3.97. The third kappa shape index (κ3) is 4.26. The van der Waals surface area contributed by atoms with E-state index in [4.69, 9.17) is 0 Å². The molecule has 0 unspecified atom stereocenters. The number of aromatic nitrogens is 5. The molecule has 0 N–H and O–H groups in total. The minimum Gasteiger partial charge on any atom is -0.372 e. The number of para-hydroxylation sites is 1. The summed E-state index contributed by atoms with van der Waals surface area (Å²) in [7, 11) is 2.02. The van der Waals surface area contributed by atoms with Crippen LogP contribution in [-0.4, -0.2) is 37.6 Å². The van der Waals surface area contributed by atoms with Gasteiger partial charge in [-0.3, -0.25) is 0 Å². The van der Waals surface area contributed by atoms with Crippen LogP contribution in [0.25, 0.3) is 17.1 Å². The smallest absolute Gasteiger partial charge is 0.191 e. The molecular weight excluding hydrogens is 392 g/mol. The predicted octanol–water partition coefficient (Wildman–Crippen LogP) is 4.81. The topological polar surface area (TPSA) is 51.8 Å². The van der Waals surface area contributed by atoms with Crippen LogP contribution in [0, 0.1) is 0 Å². The van der Waals surface area contributed by atoms with Crippen molar-refractivity contribution in [2.45, 2.75) is 24.8 Å². The van der Waals surface area contributed by atoms with Gasteiger partial charge in [0.25, 0.3) is 0 Å². The predicted molar refractivity (Wildman–Crippen MR) is 123 cm³/mol. The van der Waals surface area contributed by atoms with Crippen LogP contribution in [0.2, 0.25) is 0 Å². The average Bonchev–Trinajstić information content (AvgIpc) is 3.41. The average molecular weight is 419 g/mol. The first-order valence-electron chi connectivity index (χ1n) is 10.2. The van der Waals surface area contributed by atoms with Crippen LogP contribution in [0.4, 0.5) is 5.69 Å². The lowest BCUT2D eigenvalue weighted by Crippen LogP contribution is -2.21. The zero-order valence-corrected chi connectivity index (χ0v) is 18.4. The molecule has 0 saturated heterocycles. The van der Waals surface area contributed by atoms with Crippen LogP contribution in [0.5, 0.6) is 0 Å². The molecule has 2 heterocycles. The van der Waals surface area contributed by atoms with Crippen LogP contribution >= 0.6 is 11.8 Å². The molecule has 0 saturated carbocycles. The Balaban J connectivity index is 1.44. The first-order chi connectivity index (χ1) is 14.7. The first kappa shape index (κ1) is 20.2. The molecule has 0 amide bonds. The zero-order valence-electron chi connectivity index (χ0n) is 17.6. The standard InChI is InChI=1S/C23H26N6S/c1-4-28(5-2)20-13-11-19(12-14-20)22-25-26-23(27(22)3)30-17-18-15-24-29(16-18)21-9-7-6-8-10-21/h6-16H,4-5,17H2,1-3H3. The molecule has 4 rings (SSSR count). The summed E-state index contributed by atoms with van der Waals surface area (Å²) in [5.74, 6) is 1.67. The Morgan fingerprint density at radius 3 is 2.37 bits per heavy atom. The Morgan fingerprint density at radius 2 is 1.67 bits per heavy atom. The highest BCUT2D eigenvalue weighted by atomic mass is 32.2. The van der Waals surface area contributed by atoms with E-state index in [0.717, 1.165) is 46.6 Å².